The van der Waals surface area contributed by atoms with Gasteiger partial charge in [0, 0.05) is 38.1 Å². The standard InChI is InChI=1S/C38H42Cl2FN5O/c1-5-31(45(4)22-8-21-44(2)3)9-6-7-10-35(47)37-36(32-20-17-29(40)23-34(32)43-37)38-33(27-13-18-30(41)19-14-27)24-42-46(38)25-26-11-15-28(39)16-12-26/h7,10-20,23-24,31,43H,5-6,8-9,21-22,25H2,1-4H3/b10-7-/t31-/m0/s1. The normalized spacial score (nSPS) is 12.6. The molecule has 6 nitrogen and oxygen atoms in total. The highest BCUT2D eigenvalue weighted by Gasteiger charge is 2.25. The zero-order valence-corrected chi connectivity index (χ0v) is 29.0. The number of carbonyl (C=O) groups excluding carboxylic acids is 1. The van der Waals surface area contributed by atoms with Crippen LogP contribution in [0.4, 0.5) is 4.39 Å². The quantitative estimate of drug-likeness (QED) is 0.0889. The van der Waals surface area contributed by atoms with E-state index in [4.69, 9.17) is 28.3 Å². The minimum Gasteiger partial charge on any atom is -0.351 e. The summed E-state index contributed by atoms with van der Waals surface area (Å²) in [5.74, 6) is -0.458. The van der Waals surface area contributed by atoms with Gasteiger partial charge in [0.25, 0.3) is 0 Å². The smallest absolute Gasteiger partial charge is 0.202 e. The second kappa shape index (κ2) is 15.9. The molecule has 0 saturated carbocycles. The summed E-state index contributed by atoms with van der Waals surface area (Å²) in [6, 6.07) is 20.0. The summed E-state index contributed by atoms with van der Waals surface area (Å²) < 4.78 is 15.8. The molecular weight excluding hydrogens is 632 g/mol. The van der Waals surface area contributed by atoms with E-state index in [1.165, 1.54) is 12.1 Å². The zero-order chi connectivity index (χ0) is 33.5. The third-order valence-corrected chi connectivity index (χ3v) is 9.12. The number of ketones is 1. The predicted octanol–water partition coefficient (Wildman–Crippen LogP) is 9.37. The van der Waals surface area contributed by atoms with Crippen LogP contribution in [-0.2, 0) is 6.54 Å². The Bertz CT molecular complexity index is 1830. The molecular formula is C38H42Cl2FN5O. The Hall–Kier alpha value is -3.75. The first-order chi connectivity index (χ1) is 22.6. The molecule has 0 aliphatic heterocycles. The number of rotatable bonds is 15. The number of aromatic amines is 1. The van der Waals surface area contributed by atoms with Crippen LogP contribution in [0.5, 0.6) is 0 Å². The number of aromatic nitrogens is 3. The molecule has 0 radical (unpaired) electrons. The number of nitrogens with one attached hydrogen (secondary N) is 1. The molecule has 0 amide bonds. The number of nitrogens with zero attached hydrogens (tertiary/aromatic N) is 4. The Morgan fingerprint density at radius 3 is 2.43 bits per heavy atom. The summed E-state index contributed by atoms with van der Waals surface area (Å²) in [7, 11) is 6.39. The van der Waals surface area contributed by atoms with E-state index in [-0.39, 0.29) is 11.6 Å². The fourth-order valence-electron chi connectivity index (χ4n) is 6.09. The first kappa shape index (κ1) is 34.6. The lowest BCUT2D eigenvalue weighted by molar-refractivity contribution is 0.104. The number of hydrogen-bond acceptors (Lipinski definition) is 4. The molecule has 0 fully saturated rings. The van der Waals surface area contributed by atoms with Gasteiger partial charge in [0.05, 0.1) is 24.1 Å². The van der Waals surface area contributed by atoms with E-state index >= 15 is 0 Å². The van der Waals surface area contributed by atoms with Crippen molar-refractivity contribution in [3.8, 4) is 22.4 Å². The van der Waals surface area contributed by atoms with Crippen LogP contribution in [0.3, 0.4) is 0 Å². The van der Waals surface area contributed by atoms with Crippen LogP contribution in [0.25, 0.3) is 33.3 Å². The first-order valence-electron chi connectivity index (χ1n) is 16.1. The zero-order valence-electron chi connectivity index (χ0n) is 27.4. The van der Waals surface area contributed by atoms with E-state index in [1.807, 2.05) is 53.2 Å². The average Bonchev–Trinajstić information content (AvgIpc) is 3.62. The van der Waals surface area contributed by atoms with E-state index in [0.29, 0.717) is 28.3 Å². The summed E-state index contributed by atoms with van der Waals surface area (Å²) in [6.45, 7) is 4.77. The van der Waals surface area contributed by atoms with Gasteiger partial charge in [-0.3, -0.25) is 9.48 Å². The topological polar surface area (TPSA) is 57.2 Å². The average molecular weight is 675 g/mol. The second-order valence-electron chi connectivity index (χ2n) is 12.3. The van der Waals surface area contributed by atoms with E-state index in [0.717, 1.165) is 77.6 Å². The number of allylic oxidation sites excluding steroid dienone is 2. The van der Waals surface area contributed by atoms with Crippen LogP contribution >= 0.6 is 23.2 Å². The van der Waals surface area contributed by atoms with Crippen molar-refractivity contribution in [1.29, 1.82) is 0 Å². The van der Waals surface area contributed by atoms with Crippen LogP contribution < -0.4 is 0 Å². The monoisotopic (exact) mass is 673 g/mol. The Morgan fingerprint density at radius 1 is 1.00 bits per heavy atom. The van der Waals surface area contributed by atoms with Crippen molar-refractivity contribution >= 4 is 39.9 Å². The van der Waals surface area contributed by atoms with Gasteiger partial charge in [-0.25, -0.2) is 4.39 Å². The summed E-state index contributed by atoms with van der Waals surface area (Å²) in [4.78, 5) is 22.0. The van der Waals surface area contributed by atoms with Crippen molar-refractivity contribution in [1.82, 2.24) is 24.6 Å². The molecule has 0 saturated heterocycles. The summed E-state index contributed by atoms with van der Waals surface area (Å²) in [5, 5.41) is 6.84. The lowest BCUT2D eigenvalue weighted by atomic mass is 9.97. The van der Waals surface area contributed by atoms with Gasteiger partial charge < -0.3 is 14.8 Å². The number of hydrogen-bond donors (Lipinski definition) is 1. The van der Waals surface area contributed by atoms with Gasteiger partial charge in [0.2, 0.25) is 5.78 Å². The molecule has 0 bridgehead atoms. The highest BCUT2D eigenvalue weighted by molar-refractivity contribution is 6.31. The maximum atomic E-state index is 14.0. The van der Waals surface area contributed by atoms with Crippen LogP contribution in [0.2, 0.25) is 10.0 Å². The number of benzene rings is 3. The van der Waals surface area contributed by atoms with E-state index < -0.39 is 0 Å². The number of H-pyrrole nitrogens is 1. The molecule has 1 atom stereocenters. The fraction of sp³-hybridized carbons (Fsp3) is 0.316. The van der Waals surface area contributed by atoms with Gasteiger partial charge in [-0.2, -0.15) is 5.10 Å². The van der Waals surface area contributed by atoms with Crippen molar-refractivity contribution in [2.75, 3.05) is 34.2 Å². The Morgan fingerprint density at radius 2 is 1.72 bits per heavy atom. The SMILES string of the molecule is CC[C@@H](CC/C=C\C(=O)c1[nH]c2cc(Cl)ccc2c1-c1c(-c2ccc(F)cc2)cnn1Cc1ccc(Cl)cc1)N(C)CCCN(C)C. The second-order valence-corrected chi connectivity index (χ2v) is 13.2. The Kier molecular flexibility index (Phi) is 11.7. The molecule has 3 aromatic carbocycles. The summed E-state index contributed by atoms with van der Waals surface area (Å²) >= 11 is 12.6. The lowest BCUT2D eigenvalue weighted by Gasteiger charge is -2.27. The third kappa shape index (κ3) is 8.59. The molecule has 5 aromatic rings. The Labute approximate surface area is 286 Å². The largest absolute Gasteiger partial charge is 0.351 e. The molecule has 5 rings (SSSR count). The molecule has 2 aromatic heterocycles. The minimum atomic E-state index is -0.323. The molecule has 0 unspecified atom stereocenters. The molecule has 2 heterocycles. The van der Waals surface area contributed by atoms with Crippen LogP contribution in [-0.4, -0.2) is 70.6 Å². The molecule has 47 heavy (non-hydrogen) atoms. The lowest BCUT2D eigenvalue weighted by Crippen LogP contribution is -2.33. The van der Waals surface area contributed by atoms with E-state index in [9.17, 15) is 9.18 Å². The van der Waals surface area contributed by atoms with Crippen LogP contribution in [0, 0.1) is 5.82 Å². The predicted molar refractivity (Wildman–Crippen MR) is 193 cm³/mol. The van der Waals surface area contributed by atoms with Crippen molar-refractivity contribution in [2.24, 2.45) is 0 Å². The summed E-state index contributed by atoms with van der Waals surface area (Å²) in [6.07, 6.45) is 9.36. The van der Waals surface area contributed by atoms with Gasteiger partial charge in [-0.15, -0.1) is 0 Å². The van der Waals surface area contributed by atoms with Gasteiger partial charge in [-0.05, 0) is 114 Å². The van der Waals surface area contributed by atoms with Crippen molar-refractivity contribution in [2.45, 2.75) is 45.2 Å². The van der Waals surface area contributed by atoms with Gasteiger partial charge >= 0.3 is 0 Å². The highest BCUT2D eigenvalue weighted by atomic mass is 35.5. The number of halogens is 3. The molecule has 246 valence electrons. The van der Waals surface area contributed by atoms with E-state index in [2.05, 4.69) is 42.9 Å². The third-order valence-electron chi connectivity index (χ3n) is 8.63. The maximum Gasteiger partial charge on any atom is 0.202 e. The van der Waals surface area contributed by atoms with Gasteiger partial charge in [-0.1, -0.05) is 66.5 Å². The summed E-state index contributed by atoms with van der Waals surface area (Å²) in [5.41, 5.74) is 5.26. The fourth-order valence-corrected chi connectivity index (χ4v) is 6.39. The van der Waals surface area contributed by atoms with Gasteiger partial charge in [0.1, 0.15) is 5.82 Å². The minimum absolute atomic E-state index is 0.135. The number of fused-ring (bicyclic) bond motifs is 1. The molecule has 0 aliphatic rings. The molecule has 0 spiro atoms. The highest BCUT2D eigenvalue weighted by Crippen LogP contribution is 2.40. The van der Waals surface area contributed by atoms with Crippen LogP contribution in [0.15, 0.2) is 85.1 Å². The van der Waals surface area contributed by atoms with Crippen molar-refractivity contribution in [3.63, 3.8) is 0 Å². The number of carbonyl (C=O) groups is 1. The first-order valence-corrected chi connectivity index (χ1v) is 16.8. The maximum absolute atomic E-state index is 14.0. The van der Waals surface area contributed by atoms with Gasteiger partial charge in [0.15, 0.2) is 0 Å². The van der Waals surface area contributed by atoms with Crippen molar-refractivity contribution < 1.29 is 9.18 Å². The molecule has 0 aliphatic carbocycles. The molecule has 9 heteroatoms. The van der Waals surface area contributed by atoms with E-state index in [1.54, 1.807) is 24.4 Å². The molecule has 1 N–H and O–H groups in total. The van der Waals surface area contributed by atoms with Crippen LogP contribution in [0.1, 0.15) is 48.7 Å². The van der Waals surface area contributed by atoms with Crippen molar-refractivity contribution in [3.05, 3.63) is 112 Å². The Balaban J connectivity index is 1.50.